The molecule has 1 spiro atoms. The lowest BCUT2D eigenvalue weighted by molar-refractivity contribution is -0.142. The quantitative estimate of drug-likeness (QED) is 0.364. The molecule has 1 saturated carbocycles. The summed E-state index contributed by atoms with van der Waals surface area (Å²) in [6, 6.07) is -2.82. The maximum Gasteiger partial charge on any atom is 0.408 e. The van der Waals surface area contributed by atoms with E-state index in [1.807, 2.05) is 34.6 Å². The van der Waals surface area contributed by atoms with Gasteiger partial charge < -0.3 is 31.3 Å². The van der Waals surface area contributed by atoms with Crippen LogP contribution in [0.1, 0.15) is 107 Å². The topological polar surface area (TPSA) is 160 Å². The van der Waals surface area contributed by atoms with Gasteiger partial charge in [0.15, 0.2) is 0 Å². The first-order valence-corrected chi connectivity index (χ1v) is 14.9. The van der Waals surface area contributed by atoms with Gasteiger partial charge >= 0.3 is 6.09 Å². The summed E-state index contributed by atoms with van der Waals surface area (Å²) in [4.78, 5) is 67.3. The van der Waals surface area contributed by atoms with Crippen LogP contribution in [0.2, 0.25) is 0 Å². The molecular formula is C30H51N5O6. The van der Waals surface area contributed by atoms with Crippen molar-refractivity contribution in [2.24, 2.45) is 22.5 Å². The molecule has 5 N–H and O–H groups in total. The number of hydrogen-bond donors (Lipinski definition) is 4. The van der Waals surface area contributed by atoms with Crippen LogP contribution in [0.25, 0.3) is 0 Å². The van der Waals surface area contributed by atoms with Crippen molar-refractivity contribution in [3.63, 3.8) is 0 Å². The average Bonchev–Trinajstić information content (AvgIpc) is 3.30. The first-order valence-electron chi connectivity index (χ1n) is 14.9. The van der Waals surface area contributed by atoms with Crippen LogP contribution in [-0.2, 0) is 23.9 Å². The molecule has 3 aliphatic rings. The molecule has 5 amide bonds. The zero-order chi connectivity index (χ0) is 31.0. The minimum absolute atomic E-state index is 0.0902. The monoisotopic (exact) mass is 577 g/mol. The van der Waals surface area contributed by atoms with E-state index in [0.29, 0.717) is 19.4 Å². The molecule has 0 aromatic rings. The number of rotatable bonds is 7. The fraction of sp³-hybridized carbons (Fsp3) is 0.833. The largest absolute Gasteiger partial charge is 0.444 e. The Kier molecular flexibility index (Phi) is 9.40. The maximum absolute atomic E-state index is 14.2. The van der Waals surface area contributed by atoms with Gasteiger partial charge in [-0.1, -0.05) is 40.0 Å². The molecule has 2 heterocycles. The Hall–Kier alpha value is -2.85. The van der Waals surface area contributed by atoms with Crippen LogP contribution in [0.4, 0.5) is 4.79 Å². The third-order valence-electron chi connectivity index (χ3n) is 8.55. The highest BCUT2D eigenvalue weighted by Gasteiger charge is 2.52. The van der Waals surface area contributed by atoms with Gasteiger partial charge in [0.1, 0.15) is 23.7 Å². The van der Waals surface area contributed by atoms with Crippen molar-refractivity contribution in [2.75, 3.05) is 6.54 Å². The summed E-state index contributed by atoms with van der Waals surface area (Å²) in [6.07, 6.45) is 5.33. The SMILES string of the molecule is CC1(C)C[C@@H](C[C@H](NC(=O)[C@@H]2CC3(CCCCC3)CN2C(=O)[C@@H](NC(=O)OC(C)(C)C)C(C)(C)C)C(N)=O)C(=O)N1. The van der Waals surface area contributed by atoms with Crippen LogP contribution in [0.15, 0.2) is 0 Å². The van der Waals surface area contributed by atoms with Crippen molar-refractivity contribution in [3.8, 4) is 0 Å². The van der Waals surface area contributed by atoms with E-state index in [-0.39, 0.29) is 23.7 Å². The van der Waals surface area contributed by atoms with Gasteiger partial charge in [-0.25, -0.2) is 4.79 Å². The van der Waals surface area contributed by atoms with Crippen LogP contribution in [-0.4, -0.2) is 70.4 Å². The van der Waals surface area contributed by atoms with E-state index in [9.17, 15) is 24.0 Å². The normalized spacial score (nSPS) is 25.3. The lowest BCUT2D eigenvalue weighted by Gasteiger charge is -2.37. The third kappa shape index (κ3) is 8.35. The molecule has 11 heteroatoms. The molecule has 2 aliphatic heterocycles. The average molecular weight is 578 g/mol. The molecule has 41 heavy (non-hydrogen) atoms. The maximum atomic E-state index is 14.2. The number of primary amides is 1. The molecule has 0 unspecified atom stereocenters. The molecule has 0 aromatic carbocycles. The lowest BCUT2D eigenvalue weighted by atomic mass is 9.72. The molecule has 0 radical (unpaired) electrons. The first kappa shape index (κ1) is 32.7. The Morgan fingerprint density at radius 3 is 2.12 bits per heavy atom. The van der Waals surface area contributed by atoms with Gasteiger partial charge in [-0.2, -0.15) is 0 Å². The van der Waals surface area contributed by atoms with Gasteiger partial charge in [-0.05, 0) is 77.6 Å². The van der Waals surface area contributed by atoms with E-state index in [2.05, 4.69) is 16.0 Å². The summed E-state index contributed by atoms with van der Waals surface area (Å²) < 4.78 is 5.44. The number of ether oxygens (including phenoxy) is 1. The van der Waals surface area contributed by atoms with E-state index in [4.69, 9.17) is 10.5 Å². The van der Waals surface area contributed by atoms with Gasteiger partial charge in [0.2, 0.25) is 23.6 Å². The Bertz CT molecular complexity index is 1040. The van der Waals surface area contributed by atoms with Gasteiger partial charge in [0.25, 0.3) is 0 Å². The highest BCUT2D eigenvalue weighted by molar-refractivity contribution is 5.95. The summed E-state index contributed by atoms with van der Waals surface area (Å²) in [5, 5.41) is 8.46. The second-order valence-corrected chi connectivity index (χ2v) is 15.2. The van der Waals surface area contributed by atoms with Crippen LogP contribution in [0.5, 0.6) is 0 Å². The number of alkyl carbamates (subject to hydrolysis) is 1. The Morgan fingerprint density at radius 2 is 1.63 bits per heavy atom. The molecule has 1 aliphatic carbocycles. The van der Waals surface area contributed by atoms with E-state index < -0.39 is 58.5 Å². The van der Waals surface area contributed by atoms with E-state index >= 15 is 0 Å². The molecule has 0 aromatic heterocycles. The van der Waals surface area contributed by atoms with Crippen LogP contribution >= 0.6 is 0 Å². The van der Waals surface area contributed by atoms with Crippen molar-refractivity contribution in [1.82, 2.24) is 20.9 Å². The van der Waals surface area contributed by atoms with E-state index in [1.54, 1.807) is 25.7 Å². The van der Waals surface area contributed by atoms with Crippen LogP contribution in [0.3, 0.4) is 0 Å². The summed E-state index contributed by atoms with van der Waals surface area (Å²) in [6.45, 7) is 15.0. The fourth-order valence-corrected chi connectivity index (χ4v) is 6.61. The number of nitrogens with zero attached hydrogens (tertiary/aromatic N) is 1. The Balaban J connectivity index is 1.85. The van der Waals surface area contributed by atoms with Crippen molar-refractivity contribution >= 4 is 29.7 Å². The van der Waals surface area contributed by atoms with Crippen LogP contribution in [0, 0.1) is 16.7 Å². The minimum Gasteiger partial charge on any atom is -0.444 e. The number of hydrogen-bond acceptors (Lipinski definition) is 6. The third-order valence-corrected chi connectivity index (χ3v) is 8.55. The molecule has 2 saturated heterocycles. The van der Waals surface area contributed by atoms with Gasteiger partial charge in [0, 0.05) is 18.0 Å². The number of nitrogens with one attached hydrogen (secondary N) is 3. The highest BCUT2D eigenvalue weighted by atomic mass is 16.6. The number of carbonyl (C=O) groups excluding carboxylic acids is 5. The summed E-state index contributed by atoms with van der Waals surface area (Å²) in [7, 11) is 0. The van der Waals surface area contributed by atoms with Gasteiger partial charge in [-0.15, -0.1) is 0 Å². The number of likely N-dealkylation sites (tertiary alicyclic amines) is 1. The van der Waals surface area contributed by atoms with Crippen molar-refractivity contribution in [2.45, 2.75) is 136 Å². The number of amides is 5. The number of carbonyl (C=O) groups is 5. The predicted octanol–water partition coefficient (Wildman–Crippen LogP) is 2.75. The van der Waals surface area contributed by atoms with E-state index in [1.165, 1.54) is 0 Å². The van der Waals surface area contributed by atoms with Crippen LogP contribution < -0.4 is 21.7 Å². The Morgan fingerprint density at radius 1 is 1.02 bits per heavy atom. The summed E-state index contributed by atoms with van der Waals surface area (Å²) in [5.41, 5.74) is 3.66. The van der Waals surface area contributed by atoms with Gasteiger partial charge in [0.05, 0.1) is 0 Å². The minimum atomic E-state index is -1.05. The van der Waals surface area contributed by atoms with Gasteiger partial charge in [-0.3, -0.25) is 19.2 Å². The molecular weight excluding hydrogens is 526 g/mol. The standard InChI is InChI=1S/C30H51N5O6/c1-27(2,3)21(33-26(40)41-28(4,5)6)25(39)35-17-30(12-10-9-11-13-30)16-20(35)24(38)32-19(22(31)36)14-18-15-29(7,8)34-23(18)37/h18-21H,9-17H2,1-8H3,(H2,31,36)(H,32,38)(H,33,40)(H,34,37)/t18-,19+,20+,21-/m1/s1. The highest BCUT2D eigenvalue weighted by Crippen LogP contribution is 2.47. The summed E-state index contributed by atoms with van der Waals surface area (Å²) >= 11 is 0. The second-order valence-electron chi connectivity index (χ2n) is 15.2. The van der Waals surface area contributed by atoms with E-state index in [0.717, 1.165) is 32.1 Å². The Labute approximate surface area is 244 Å². The zero-order valence-corrected chi connectivity index (χ0v) is 26.1. The predicted molar refractivity (Wildman–Crippen MR) is 154 cm³/mol. The second kappa shape index (κ2) is 11.8. The van der Waals surface area contributed by atoms with Crippen molar-refractivity contribution < 1.29 is 28.7 Å². The molecule has 3 rings (SSSR count). The molecule has 4 atom stereocenters. The summed E-state index contributed by atoms with van der Waals surface area (Å²) in [5.74, 6) is -2.18. The van der Waals surface area contributed by atoms with Crippen molar-refractivity contribution in [3.05, 3.63) is 0 Å². The number of nitrogens with two attached hydrogens (primary N) is 1. The smallest absolute Gasteiger partial charge is 0.408 e. The molecule has 3 fully saturated rings. The first-order chi connectivity index (χ1) is 18.7. The molecule has 11 nitrogen and oxygen atoms in total. The fourth-order valence-electron chi connectivity index (χ4n) is 6.61. The van der Waals surface area contributed by atoms with Crippen molar-refractivity contribution in [1.29, 1.82) is 0 Å². The lowest BCUT2D eigenvalue weighted by Crippen LogP contribution is -2.59. The zero-order valence-electron chi connectivity index (χ0n) is 26.1. The molecule has 232 valence electrons. The molecule has 0 bridgehead atoms.